The topological polar surface area (TPSA) is 32.3 Å². The number of hydrogen-bond donors (Lipinski definition) is 1. The van der Waals surface area contributed by atoms with Crippen LogP contribution in [0.4, 0.5) is 0 Å². The van der Waals surface area contributed by atoms with Crippen molar-refractivity contribution < 1.29 is 4.79 Å². The van der Waals surface area contributed by atoms with Crippen LogP contribution in [-0.4, -0.2) is 29.9 Å². The average Bonchev–Trinajstić information content (AvgIpc) is 3.11. The highest BCUT2D eigenvalue weighted by molar-refractivity contribution is 5.79. The molecule has 1 aliphatic carbocycles. The fourth-order valence-electron chi connectivity index (χ4n) is 3.42. The van der Waals surface area contributed by atoms with Gasteiger partial charge in [-0.1, -0.05) is 43.2 Å². The summed E-state index contributed by atoms with van der Waals surface area (Å²) < 4.78 is 0. The van der Waals surface area contributed by atoms with Crippen LogP contribution < -0.4 is 5.32 Å². The second-order valence-electron chi connectivity index (χ2n) is 6.20. The van der Waals surface area contributed by atoms with E-state index < -0.39 is 0 Å². The number of nitrogens with one attached hydrogen (secondary N) is 1. The van der Waals surface area contributed by atoms with Gasteiger partial charge in [-0.2, -0.15) is 0 Å². The Morgan fingerprint density at radius 2 is 1.90 bits per heavy atom. The van der Waals surface area contributed by atoms with Crippen molar-refractivity contribution in [1.82, 2.24) is 10.2 Å². The largest absolute Gasteiger partial charge is 0.353 e. The second kappa shape index (κ2) is 6.40. The lowest BCUT2D eigenvalue weighted by molar-refractivity contribution is -0.125. The lowest BCUT2D eigenvalue weighted by atomic mass is 10.1. The van der Waals surface area contributed by atoms with Crippen molar-refractivity contribution in [1.29, 1.82) is 0 Å². The van der Waals surface area contributed by atoms with Gasteiger partial charge < -0.3 is 5.32 Å². The van der Waals surface area contributed by atoms with Crippen LogP contribution in [0.5, 0.6) is 0 Å². The Morgan fingerprint density at radius 3 is 2.65 bits per heavy atom. The molecule has 1 atom stereocenters. The molecule has 2 aliphatic rings. The van der Waals surface area contributed by atoms with Crippen molar-refractivity contribution in [3.8, 4) is 0 Å². The van der Waals surface area contributed by atoms with Crippen LogP contribution in [0.2, 0.25) is 0 Å². The van der Waals surface area contributed by atoms with E-state index in [2.05, 4.69) is 34.5 Å². The van der Waals surface area contributed by atoms with Gasteiger partial charge in [0.05, 0.1) is 5.92 Å². The number of likely N-dealkylation sites (tertiary alicyclic amines) is 1. The molecule has 1 unspecified atom stereocenters. The minimum Gasteiger partial charge on any atom is -0.353 e. The first-order valence-electron chi connectivity index (χ1n) is 7.88. The van der Waals surface area contributed by atoms with E-state index in [0.717, 1.165) is 26.1 Å². The Kier molecular flexibility index (Phi) is 4.36. The third kappa shape index (κ3) is 3.40. The van der Waals surface area contributed by atoms with Crippen molar-refractivity contribution in [2.45, 2.75) is 44.7 Å². The monoisotopic (exact) mass is 272 g/mol. The Labute approximate surface area is 121 Å². The van der Waals surface area contributed by atoms with Gasteiger partial charge in [-0.3, -0.25) is 9.69 Å². The van der Waals surface area contributed by atoms with Crippen LogP contribution in [0.15, 0.2) is 30.3 Å². The minimum atomic E-state index is 0.194. The lowest BCUT2D eigenvalue weighted by Crippen LogP contribution is -2.38. The SMILES string of the molecule is O=C(NC1CCCC1)C1CCN(Cc2ccccc2)C1. The Bertz CT molecular complexity index is 440. The molecule has 1 aromatic carbocycles. The van der Waals surface area contributed by atoms with E-state index >= 15 is 0 Å². The smallest absolute Gasteiger partial charge is 0.224 e. The summed E-state index contributed by atoms with van der Waals surface area (Å²) in [6, 6.07) is 11.0. The fourth-order valence-corrected chi connectivity index (χ4v) is 3.42. The van der Waals surface area contributed by atoms with Crippen molar-refractivity contribution in [3.63, 3.8) is 0 Å². The van der Waals surface area contributed by atoms with Gasteiger partial charge in [0, 0.05) is 19.1 Å². The van der Waals surface area contributed by atoms with Gasteiger partial charge in [0.15, 0.2) is 0 Å². The summed E-state index contributed by atoms with van der Waals surface area (Å²) in [4.78, 5) is 14.7. The Balaban J connectivity index is 1.47. The zero-order valence-electron chi connectivity index (χ0n) is 12.1. The third-order valence-electron chi connectivity index (χ3n) is 4.59. The Hall–Kier alpha value is -1.35. The maximum Gasteiger partial charge on any atom is 0.224 e. The molecule has 3 rings (SSSR count). The van der Waals surface area contributed by atoms with Crippen molar-refractivity contribution in [2.75, 3.05) is 13.1 Å². The normalized spacial score (nSPS) is 24.1. The molecular weight excluding hydrogens is 248 g/mol. The van der Waals surface area contributed by atoms with Crippen LogP contribution in [0.25, 0.3) is 0 Å². The highest BCUT2D eigenvalue weighted by Crippen LogP contribution is 2.22. The van der Waals surface area contributed by atoms with Crippen molar-refractivity contribution in [3.05, 3.63) is 35.9 Å². The summed E-state index contributed by atoms with van der Waals surface area (Å²) in [7, 11) is 0. The first-order valence-corrected chi connectivity index (χ1v) is 7.88. The molecule has 1 aliphatic heterocycles. The zero-order chi connectivity index (χ0) is 13.8. The molecule has 1 saturated carbocycles. The van der Waals surface area contributed by atoms with Gasteiger partial charge >= 0.3 is 0 Å². The number of carbonyl (C=O) groups is 1. The molecule has 2 fully saturated rings. The Morgan fingerprint density at radius 1 is 1.15 bits per heavy atom. The molecule has 3 heteroatoms. The second-order valence-corrected chi connectivity index (χ2v) is 6.20. The highest BCUT2D eigenvalue weighted by Gasteiger charge is 2.29. The first kappa shape index (κ1) is 13.6. The maximum atomic E-state index is 12.3. The van der Waals surface area contributed by atoms with Gasteiger partial charge in [-0.25, -0.2) is 0 Å². The van der Waals surface area contributed by atoms with E-state index in [-0.39, 0.29) is 11.8 Å². The number of carbonyl (C=O) groups excluding carboxylic acids is 1. The highest BCUT2D eigenvalue weighted by atomic mass is 16.2. The van der Waals surface area contributed by atoms with Gasteiger partial charge in [0.2, 0.25) is 5.91 Å². The molecule has 1 aromatic rings. The third-order valence-corrected chi connectivity index (χ3v) is 4.59. The summed E-state index contributed by atoms with van der Waals surface area (Å²) in [6.45, 7) is 2.92. The zero-order valence-corrected chi connectivity index (χ0v) is 12.1. The number of nitrogens with zero attached hydrogens (tertiary/aromatic N) is 1. The number of benzene rings is 1. The van der Waals surface area contributed by atoms with E-state index in [9.17, 15) is 4.79 Å². The molecule has 20 heavy (non-hydrogen) atoms. The molecular formula is C17H24N2O. The summed E-state index contributed by atoms with van der Waals surface area (Å²) >= 11 is 0. The molecule has 0 radical (unpaired) electrons. The molecule has 3 nitrogen and oxygen atoms in total. The molecule has 0 bridgehead atoms. The molecule has 1 saturated heterocycles. The van der Waals surface area contributed by atoms with E-state index in [1.54, 1.807) is 0 Å². The predicted octanol–water partition coefficient (Wildman–Crippen LogP) is 2.57. The average molecular weight is 272 g/mol. The first-order chi connectivity index (χ1) is 9.81. The summed E-state index contributed by atoms with van der Waals surface area (Å²) in [6.07, 6.45) is 5.90. The molecule has 0 spiro atoms. The van der Waals surface area contributed by atoms with Crippen LogP contribution >= 0.6 is 0 Å². The van der Waals surface area contributed by atoms with Crippen molar-refractivity contribution in [2.24, 2.45) is 5.92 Å². The fraction of sp³-hybridized carbons (Fsp3) is 0.588. The minimum absolute atomic E-state index is 0.194. The lowest BCUT2D eigenvalue weighted by Gasteiger charge is -2.18. The molecule has 1 amide bonds. The maximum absolute atomic E-state index is 12.3. The van der Waals surface area contributed by atoms with Crippen LogP contribution in [0, 0.1) is 5.92 Å². The summed E-state index contributed by atoms with van der Waals surface area (Å²) in [5, 5.41) is 3.24. The van der Waals surface area contributed by atoms with E-state index in [4.69, 9.17) is 0 Å². The van der Waals surface area contributed by atoms with Crippen LogP contribution in [0.3, 0.4) is 0 Å². The predicted molar refractivity (Wildman–Crippen MR) is 80.2 cm³/mol. The van der Waals surface area contributed by atoms with Gasteiger partial charge in [-0.15, -0.1) is 0 Å². The number of hydrogen-bond acceptors (Lipinski definition) is 2. The standard InChI is InChI=1S/C17H24N2O/c20-17(18-16-8-4-5-9-16)15-10-11-19(13-15)12-14-6-2-1-3-7-14/h1-3,6-7,15-16H,4-5,8-13H2,(H,18,20). The van der Waals surface area contributed by atoms with E-state index in [1.165, 1.54) is 31.2 Å². The van der Waals surface area contributed by atoms with Gasteiger partial charge in [-0.05, 0) is 31.4 Å². The van der Waals surface area contributed by atoms with E-state index in [1.807, 2.05) is 6.07 Å². The van der Waals surface area contributed by atoms with Gasteiger partial charge in [0.25, 0.3) is 0 Å². The van der Waals surface area contributed by atoms with Gasteiger partial charge in [0.1, 0.15) is 0 Å². The molecule has 108 valence electrons. The number of rotatable bonds is 4. The molecule has 1 heterocycles. The van der Waals surface area contributed by atoms with Crippen LogP contribution in [-0.2, 0) is 11.3 Å². The number of amides is 1. The van der Waals surface area contributed by atoms with Crippen molar-refractivity contribution >= 4 is 5.91 Å². The van der Waals surface area contributed by atoms with E-state index in [0.29, 0.717) is 6.04 Å². The van der Waals surface area contributed by atoms with Crippen LogP contribution in [0.1, 0.15) is 37.7 Å². The quantitative estimate of drug-likeness (QED) is 0.913. The molecule has 0 aromatic heterocycles. The summed E-state index contributed by atoms with van der Waals surface area (Å²) in [5.41, 5.74) is 1.34. The molecule has 1 N–H and O–H groups in total. The summed E-state index contributed by atoms with van der Waals surface area (Å²) in [5.74, 6) is 0.478.